The molecule has 2 amide bonds. The van der Waals surface area contributed by atoms with Crippen LogP contribution in [0.4, 0.5) is 18.9 Å². The maximum atomic E-state index is 12.8. The van der Waals surface area contributed by atoms with E-state index in [9.17, 15) is 22.8 Å². The number of hydrazone groups is 1. The van der Waals surface area contributed by atoms with Crippen LogP contribution in [0.1, 0.15) is 30.0 Å². The monoisotopic (exact) mass is 533 g/mol. The van der Waals surface area contributed by atoms with Crippen molar-refractivity contribution in [2.24, 2.45) is 5.10 Å². The largest absolute Gasteiger partial charge is 0.490 e. The molecule has 0 unspecified atom stereocenters. The third-order valence-electron chi connectivity index (χ3n) is 4.77. The van der Waals surface area contributed by atoms with Gasteiger partial charge in [0.25, 0.3) is 0 Å². The minimum atomic E-state index is -4.55. The minimum Gasteiger partial charge on any atom is -0.490 e. The zero-order valence-corrected chi connectivity index (χ0v) is 20.4. The molecule has 0 fully saturated rings. The van der Waals surface area contributed by atoms with Crippen LogP contribution >= 0.6 is 11.6 Å². The van der Waals surface area contributed by atoms with Crippen LogP contribution in [-0.2, 0) is 22.4 Å². The van der Waals surface area contributed by atoms with E-state index < -0.39 is 30.0 Å². The van der Waals surface area contributed by atoms with Crippen LogP contribution in [0.3, 0.4) is 0 Å². The van der Waals surface area contributed by atoms with Gasteiger partial charge in [-0.25, -0.2) is 5.43 Å². The molecule has 11 heteroatoms. The van der Waals surface area contributed by atoms with E-state index in [1.807, 2.05) is 19.1 Å². The fraction of sp³-hybridized carbons (Fsp3) is 0.192. The van der Waals surface area contributed by atoms with Gasteiger partial charge in [0.05, 0.1) is 18.4 Å². The van der Waals surface area contributed by atoms with Crippen molar-refractivity contribution in [1.82, 2.24) is 5.43 Å². The number of nitrogens with zero attached hydrogens (tertiary/aromatic N) is 1. The SMILES string of the molecule is CCOc1cc(C=NNC(=O)CC(=O)Nc2cccc(C(F)(F)F)c2)ccc1OCc1ccc(Cl)cc1. The van der Waals surface area contributed by atoms with E-state index in [0.717, 1.165) is 23.8 Å². The first-order valence-corrected chi connectivity index (χ1v) is 11.4. The molecule has 0 aliphatic heterocycles. The summed E-state index contributed by atoms with van der Waals surface area (Å²) in [5, 5.41) is 6.71. The van der Waals surface area contributed by atoms with Gasteiger partial charge in [-0.3, -0.25) is 9.59 Å². The highest BCUT2D eigenvalue weighted by Gasteiger charge is 2.30. The number of ether oxygens (including phenoxy) is 2. The lowest BCUT2D eigenvalue weighted by Crippen LogP contribution is -2.24. The van der Waals surface area contributed by atoms with E-state index >= 15 is 0 Å². The first-order chi connectivity index (χ1) is 17.6. The summed E-state index contributed by atoms with van der Waals surface area (Å²) in [5.41, 5.74) is 2.75. The summed E-state index contributed by atoms with van der Waals surface area (Å²) < 4.78 is 49.9. The van der Waals surface area contributed by atoms with E-state index in [2.05, 4.69) is 15.8 Å². The highest BCUT2D eigenvalue weighted by Crippen LogP contribution is 2.31. The number of rotatable bonds is 10. The maximum Gasteiger partial charge on any atom is 0.416 e. The Morgan fingerprint density at radius 3 is 2.43 bits per heavy atom. The van der Waals surface area contributed by atoms with Gasteiger partial charge in [-0.05, 0) is 66.6 Å². The molecule has 0 spiro atoms. The first kappa shape index (κ1) is 27.5. The van der Waals surface area contributed by atoms with E-state index in [0.29, 0.717) is 35.3 Å². The number of anilines is 1. The average molecular weight is 534 g/mol. The summed E-state index contributed by atoms with van der Waals surface area (Å²) >= 11 is 5.90. The Balaban J connectivity index is 1.54. The van der Waals surface area contributed by atoms with Crippen molar-refractivity contribution in [1.29, 1.82) is 0 Å². The molecule has 0 radical (unpaired) electrons. The molecule has 194 valence electrons. The van der Waals surface area contributed by atoms with Gasteiger partial charge in [0, 0.05) is 10.7 Å². The number of alkyl halides is 3. The summed E-state index contributed by atoms with van der Waals surface area (Å²) in [5.74, 6) is -0.530. The van der Waals surface area contributed by atoms with Gasteiger partial charge < -0.3 is 14.8 Å². The molecule has 0 aliphatic carbocycles. The van der Waals surface area contributed by atoms with Gasteiger partial charge in [0.15, 0.2) is 11.5 Å². The molecule has 3 rings (SSSR count). The Labute approximate surface area is 216 Å². The second kappa shape index (κ2) is 12.8. The second-order valence-corrected chi connectivity index (χ2v) is 8.09. The number of carbonyl (C=O) groups is 2. The fourth-order valence-electron chi connectivity index (χ4n) is 3.08. The van der Waals surface area contributed by atoms with Crippen molar-refractivity contribution in [2.75, 3.05) is 11.9 Å². The third kappa shape index (κ3) is 8.84. The Morgan fingerprint density at radius 1 is 0.973 bits per heavy atom. The molecule has 3 aromatic rings. The van der Waals surface area contributed by atoms with Gasteiger partial charge in [0.1, 0.15) is 13.0 Å². The van der Waals surface area contributed by atoms with Crippen molar-refractivity contribution in [3.05, 3.63) is 88.4 Å². The first-order valence-electron chi connectivity index (χ1n) is 11.1. The van der Waals surface area contributed by atoms with Crippen molar-refractivity contribution in [3.8, 4) is 11.5 Å². The molecular weight excluding hydrogens is 511 g/mol. The van der Waals surface area contributed by atoms with Gasteiger partial charge in [0.2, 0.25) is 11.8 Å². The lowest BCUT2D eigenvalue weighted by Gasteiger charge is -2.12. The van der Waals surface area contributed by atoms with Crippen LogP contribution in [-0.4, -0.2) is 24.6 Å². The van der Waals surface area contributed by atoms with Crippen LogP contribution in [0.15, 0.2) is 71.8 Å². The number of hydrogen-bond acceptors (Lipinski definition) is 5. The zero-order chi connectivity index (χ0) is 26.8. The molecule has 2 N–H and O–H groups in total. The molecule has 0 bridgehead atoms. The normalized spacial score (nSPS) is 11.3. The Kier molecular flexibility index (Phi) is 9.51. The molecule has 7 nitrogen and oxygen atoms in total. The van der Waals surface area contributed by atoms with Crippen LogP contribution in [0.25, 0.3) is 0 Å². The Bertz CT molecular complexity index is 1260. The van der Waals surface area contributed by atoms with Crippen molar-refractivity contribution >= 4 is 35.3 Å². The average Bonchev–Trinajstić information content (AvgIpc) is 2.84. The number of halogens is 4. The molecule has 0 saturated heterocycles. The molecule has 0 atom stereocenters. The van der Waals surface area contributed by atoms with Crippen molar-refractivity contribution < 1.29 is 32.2 Å². The summed E-state index contributed by atoms with van der Waals surface area (Å²) in [4.78, 5) is 24.0. The summed E-state index contributed by atoms with van der Waals surface area (Å²) in [6.45, 7) is 2.54. The Hall–Kier alpha value is -4.05. The highest BCUT2D eigenvalue weighted by molar-refractivity contribution is 6.30. The van der Waals surface area contributed by atoms with Crippen LogP contribution in [0.2, 0.25) is 5.02 Å². The zero-order valence-electron chi connectivity index (χ0n) is 19.6. The smallest absolute Gasteiger partial charge is 0.416 e. The van der Waals surface area contributed by atoms with Gasteiger partial charge in [-0.15, -0.1) is 0 Å². The molecule has 0 aliphatic rings. The van der Waals surface area contributed by atoms with Crippen molar-refractivity contribution in [3.63, 3.8) is 0 Å². The number of hydrogen-bond donors (Lipinski definition) is 2. The molecule has 0 heterocycles. The lowest BCUT2D eigenvalue weighted by atomic mass is 10.2. The third-order valence-corrected chi connectivity index (χ3v) is 5.02. The number of amides is 2. The Morgan fingerprint density at radius 2 is 1.73 bits per heavy atom. The number of nitrogens with one attached hydrogen (secondary N) is 2. The molecule has 37 heavy (non-hydrogen) atoms. The predicted molar refractivity (Wildman–Crippen MR) is 134 cm³/mol. The minimum absolute atomic E-state index is 0.0713. The predicted octanol–water partition coefficient (Wildman–Crippen LogP) is 5.82. The second-order valence-electron chi connectivity index (χ2n) is 7.65. The fourth-order valence-corrected chi connectivity index (χ4v) is 3.20. The van der Waals surface area contributed by atoms with E-state index in [1.54, 1.807) is 30.3 Å². The van der Waals surface area contributed by atoms with Crippen LogP contribution in [0, 0.1) is 0 Å². The highest BCUT2D eigenvalue weighted by atomic mass is 35.5. The standard InChI is InChI=1S/C26H23ClF3N3O4/c1-2-36-23-12-18(8-11-22(23)37-16-17-6-9-20(27)10-7-17)15-31-33-25(35)14-24(34)32-21-5-3-4-19(13-21)26(28,29)30/h3-13,15H,2,14,16H2,1H3,(H,32,34)(H,33,35). The van der Waals surface area contributed by atoms with Crippen LogP contribution in [0.5, 0.6) is 11.5 Å². The summed E-state index contributed by atoms with van der Waals surface area (Å²) in [7, 11) is 0. The van der Waals surface area contributed by atoms with E-state index in [4.69, 9.17) is 21.1 Å². The molecule has 3 aromatic carbocycles. The lowest BCUT2D eigenvalue weighted by molar-refractivity contribution is -0.137. The van der Waals surface area contributed by atoms with E-state index in [-0.39, 0.29) is 5.69 Å². The maximum absolute atomic E-state index is 12.8. The molecule has 0 saturated carbocycles. The number of carbonyl (C=O) groups excluding carboxylic acids is 2. The molecular formula is C26H23ClF3N3O4. The van der Waals surface area contributed by atoms with Crippen LogP contribution < -0.4 is 20.2 Å². The summed E-state index contributed by atoms with van der Waals surface area (Å²) in [6.07, 6.45) is -3.82. The van der Waals surface area contributed by atoms with Crippen molar-refractivity contribution in [2.45, 2.75) is 26.1 Å². The van der Waals surface area contributed by atoms with Gasteiger partial charge >= 0.3 is 6.18 Å². The topological polar surface area (TPSA) is 89.0 Å². The number of benzene rings is 3. The van der Waals surface area contributed by atoms with E-state index in [1.165, 1.54) is 12.3 Å². The molecule has 0 aromatic heterocycles. The summed E-state index contributed by atoms with van der Waals surface area (Å²) in [6, 6.07) is 16.4. The van der Waals surface area contributed by atoms with Gasteiger partial charge in [-0.2, -0.15) is 18.3 Å². The van der Waals surface area contributed by atoms with Gasteiger partial charge in [-0.1, -0.05) is 29.8 Å². The quantitative estimate of drug-likeness (QED) is 0.195.